The Labute approximate surface area is 143 Å². The second-order valence-electron chi connectivity index (χ2n) is 6.38. The summed E-state index contributed by atoms with van der Waals surface area (Å²) in [7, 11) is 0. The molecule has 1 aromatic carbocycles. The van der Waals surface area contributed by atoms with Gasteiger partial charge in [0.2, 0.25) is 0 Å². The largest absolute Gasteiger partial charge is 0.299 e. The van der Waals surface area contributed by atoms with E-state index in [0.717, 1.165) is 31.6 Å². The van der Waals surface area contributed by atoms with Gasteiger partial charge < -0.3 is 0 Å². The summed E-state index contributed by atoms with van der Waals surface area (Å²) in [6.07, 6.45) is 4.67. The fraction of sp³-hybridized carbons (Fsp3) is 0.368. The van der Waals surface area contributed by atoms with E-state index in [1.165, 1.54) is 5.56 Å². The molecule has 0 saturated carbocycles. The maximum absolute atomic E-state index is 11.4. The molecule has 2 rings (SSSR count). The number of benzene rings is 1. The highest BCUT2D eigenvalue weighted by molar-refractivity contribution is 5.93. The Morgan fingerprint density at radius 2 is 1.96 bits per heavy atom. The van der Waals surface area contributed by atoms with E-state index < -0.39 is 5.91 Å². The first-order valence-electron chi connectivity index (χ1n) is 8.23. The lowest BCUT2D eigenvalue weighted by Crippen LogP contribution is -2.29. The highest BCUT2D eigenvalue weighted by atomic mass is 16.5. The van der Waals surface area contributed by atoms with E-state index in [1.807, 2.05) is 24.4 Å². The molecule has 128 valence electrons. The third-order valence-electron chi connectivity index (χ3n) is 3.79. The molecule has 24 heavy (non-hydrogen) atoms. The Morgan fingerprint density at radius 1 is 1.21 bits per heavy atom. The fourth-order valence-electron chi connectivity index (χ4n) is 2.67. The molecule has 5 nitrogen and oxygen atoms in total. The average molecular weight is 327 g/mol. The minimum absolute atomic E-state index is 0.451. The lowest BCUT2D eigenvalue weighted by Gasteiger charge is -2.24. The molecule has 0 radical (unpaired) electrons. The first-order valence-corrected chi connectivity index (χ1v) is 8.23. The summed E-state index contributed by atoms with van der Waals surface area (Å²) in [5, 5.41) is 8.67. The van der Waals surface area contributed by atoms with Crippen LogP contribution in [-0.4, -0.2) is 34.1 Å². The zero-order chi connectivity index (χ0) is 17.4. The van der Waals surface area contributed by atoms with E-state index >= 15 is 0 Å². The molecule has 2 aromatic rings. The molecule has 0 fully saturated rings. The number of amides is 1. The second-order valence-corrected chi connectivity index (χ2v) is 6.38. The zero-order valence-corrected chi connectivity index (χ0v) is 14.3. The first kappa shape index (κ1) is 18.1. The molecule has 0 spiro atoms. The molecule has 2 N–H and O–H groups in total. The summed E-state index contributed by atoms with van der Waals surface area (Å²) < 4.78 is 0. The van der Waals surface area contributed by atoms with Gasteiger partial charge >= 0.3 is 0 Å². The average Bonchev–Trinajstić information content (AvgIpc) is 2.60. The summed E-state index contributed by atoms with van der Waals surface area (Å²) >= 11 is 0. The van der Waals surface area contributed by atoms with Crippen molar-refractivity contribution < 1.29 is 10.0 Å². The van der Waals surface area contributed by atoms with Crippen LogP contribution in [0.15, 0.2) is 48.8 Å². The van der Waals surface area contributed by atoms with Crippen molar-refractivity contribution in [2.75, 3.05) is 13.1 Å². The monoisotopic (exact) mass is 327 g/mol. The van der Waals surface area contributed by atoms with Gasteiger partial charge in [0.1, 0.15) is 0 Å². The number of carbonyl (C=O) groups is 1. The molecule has 0 aliphatic rings. The van der Waals surface area contributed by atoms with Crippen LogP contribution in [0.1, 0.15) is 35.3 Å². The van der Waals surface area contributed by atoms with Crippen LogP contribution in [0.3, 0.4) is 0 Å². The Bertz CT molecular complexity index is 627. The van der Waals surface area contributed by atoms with Gasteiger partial charge in [-0.2, -0.15) is 0 Å². The van der Waals surface area contributed by atoms with Crippen molar-refractivity contribution in [3.05, 3.63) is 65.5 Å². The van der Waals surface area contributed by atoms with E-state index in [9.17, 15) is 4.79 Å². The van der Waals surface area contributed by atoms with Gasteiger partial charge in [-0.1, -0.05) is 32.0 Å². The standard InChI is InChI=1S/C19H25N3O2/c1-15(2)13-22(11-9-16-4-3-10-20-12-16)14-17-5-7-18(8-6-17)19(23)21-24/h3-8,10,12,15,24H,9,11,13-14H2,1-2H3,(H,21,23). The third kappa shape index (κ3) is 5.76. The minimum atomic E-state index is -0.489. The van der Waals surface area contributed by atoms with Crippen LogP contribution in [0.2, 0.25) is 0 Å². The van der Waals surface area contributed by atoms with Crippen molar-refractivity contribution in [3.8, 4) is 0 Å². The summed E-state index contributed by atoms with van der Waals surface area (Å²) in [5.41, 5.74) is 4.49. The van der Waals surface area contributed by atoms with Crippen LogP contribution in [0, 0.1) is 5.92 Å². The van der Waals surface area contributed by atoms with Crippen LogP contribution >= 0.6 is 0 Å². The summed E-state index contributed by atoms with van der Waals surface area (Å²) in [6, 6.07) is 11.4. The van der Waals surface area contributed by atoms with Crippen molar-refractivity contribution in [3.63, 3.8) is 0 Å². The molecule has 0 aliphatic carbocycles. The fourth-order valence-corrected chi connectivity index (χ4v) is 2.67. The lowest BCUT2D eigenvalue weighted by molar-refractivity contribution is 0.0706. The van der Waals surface area contributed by atoms with Gasteiger partial charge in [-0.25, -0.2) is 5.48 Å². The number of hydrogen-bond acceptors (Lipinski definition) is 4. The number of pyridine rings is 1. The van der Waals surface area contributed by atoms with E-state index in [4.69, 9.17) is 5.21 Å². The van der Waals surface area contributed by atoms with E-state index in [1.54, 1.807) is 23.8 Å². The molecular formula is C19H25N3O2. The molecule has 5 heteroatoms. The Balaban J connectivity index is 1.98. The van der Waals surface area contributed by atoms with E-state index in [-0.39, 0.29) is 0 Å². The molecule has 0 unspecified atom stereocenters. The minimum Gasteiger partial charge on any atom is -0.299 e. The summed E-state index contributed by atoms with van der Waals surface area (Å²) in [5.74, 6) is 0.0931. The summed E-state index contributed by atoms with van der Waals surface area (Å²) in [4.78, 5) is 18.0. The quantitative estimate of drug-likeness (QED) is 0.578. The maximum Gasteiger partial charge on any atom is 0.274 e. The van der Waals surface area contributed by atoms with Gasteiger partial charge in [0.05, 0.1) is 0 Å². The first-order chi connectivity index (χ1) is 11.6. The van der Waals surface area contributed by atoms with Gasteiger partial charge in [-0.05, 0) is 41.7 Å². The number of hydrogen-bond donors (Lipinski definition) is 2. The van der Waals surface area contributed by atoms with E-state index in [0.29, 0.717) is 11.5 Å². The molecular weight excluding hydrogens is 302 g/mol. The number of rotatable bonds is 8. The number of aromatic nitrogens is 1. The van der Waals surface area contributed by atoms with Gasteiger partial charge in [-0.3, -0.25) is 19.9 Å². The van der Waals surface area contributed by atoms with Crippen molar-refractivity contribution in [1.29, 1.82) is 0 Å². The topological polar surface area (TPSA) is 65.5 Å². The maximum atomic E-state index is 11.4. The highest BCUT2D eigenvalue weighted by Crippen LogP contribution is 2.11. The van der Waals surface area contributed by atoms with Crippen molar-refractivity contribution in [2.45, 2.75) is 26.8 Å². The number of nitrogens with zero attached hydrogens (tertiary/aromatic N) is 2. The Kier molecular flexibility index (Phi) is 6.90. The van der Waals surface area contributed by atoms with Crippen molar-refractivity contribution in [2.24, 2.45) is 5.92 Å². The Hall–Kier alpha value is -2.24. The third-order valence-corrected chi connectivity index (χ3v) is 3.79. The van der Waals surface area contributed by atoms with Gasteiger partial charge in [0, 0.05) is 37.6 Å². The predicted molar refractivity (Wildman–Crippen MR) is 93.8 cm³/mol. The number of nitrogens with one attached hydrogen (secondary N) is 1. The number of carbonyl (C=O) groups excluding carboxylic acids is 1. The molecule has 0 bridgehead atoms. The predicted octanol–water partition coefficient (Wildman–Crippen LogP) is 2.90. The van der Waals surface area contributed by atoms with Crippen LogP contribution in [0.4, 0.5) is 0 Å². The molecule has 0 saturated heterocycles. The van der Waals surface area contributed by atoms with Crippen LogP contribution in [0.5, 0.6) is 0 Å². The number of hydroxylamine groups is 1. The van der Waals surface area contributed by atoms with Gasteiger partial charge in [0.15, 0.2) is 0 Å². The second kappa shape index (κ2) is 9.15. The molecule has 1 heterocycles. The van der Waals surface area contributed by atoms with Crippen LogP contribution in [0.25, 0.3) is 0 Å². The van der Waals surface area contributed by atoms with Crippen molar-refractivity contribution in [1.82, 2.24) is 15.4 Å². The molecule has 0 aliphatic heterocycles. The zero-order valence-electron chi connectivity index (χ0n) is 14.3. The Morgan fingerprint density at radius 3 is 2.54 bits per heavy atom. The SMILES string of the molecule is CC(C)CN(CCc1cccnc1)Cc1ccc(C(=O)NO)cc1. The molecule has 0 atom stereocenters. The smallest absolute Gasteiger partial charge is 0.274 e. The van der Waals surface area contributed by atoms with Gasteiger partial charge in [-0.15, -0.1) is 0 Å². The van der Waals surface area contributed by atoms with Gasteiger partial charge in [0.25, 0.3) is 5.91 Å². The van der Waals surface area contributed by atoms with Crippen molar-refractivity contribution >= 4 is 5.91 Å². The molecule has 1 aromatic heterocycles. The van der Waals surface area contributed by atoms with Crippen LogP contribution in [-0.2, 0) is 13.0 Å². The normalized spacial score (nSPS) is 11.0. The van der Waals surface area contributed by atoms with E-state index in [2.05, 4.69) is 29.8 Å². The lowest BCUT2D eigenvalue weighted by atomic mass is 10.1. The highest BCUT2D eigenvalue weighted by Gasteiger charge is 2.10. The molecule has 1 amide bonds. The van der Waals surface area contributed by atoms with Crippen LogP contribution < -0.4 is 5.48 Å². The summed E-state index contributed by atoms with van der Waals surface area (Å²) in [6.45, 7) is 7.23.